The molecule has 1 rings (SSSR count). The van der Waals surface area contributed by atoms with Crippen LogP contribution in [0.1, 0.15) is 6.42 Å². The number of aromatic nitrogens is 1. The first-order chi connectivity index (χ1) is 7.19. The van der Waals surface area contributed by atoms with Crippen molar-refractivity contribution >= 4 is 29.0 Å². The van der Waals surface area contributed by atoms with Crippen LogP contribution in [-0.2, 0) is 0 Å². The zero-order valence-corrected chi connectivity index (χ0v) is 9.90. The van der Waals surface area contributed by atoms with Crippen molar-refractivity contribution in [1.29, 1.82) is 0 Å². The van der Waals surface area contributed by atoms with E-state index in [0.717, 1.165) is 6.42 Å². The molecule has 1 aromatic rings. The highest BCUT2D eigenvalue weighted by molar-refractivity contribution is 6.36. The van der Waals surface area contributed by atoms with Crippen molar-refractivity contribution < 1.29 is 4.74 Å². The number of rotatable bonds is 5. The Morgan fingerprint density at radius 1 is 1.53 bits per heavy atom. The van der Waals surface area contributed by atoms with E-state index in [9.17, 15) is 0 Å². The van der Waals surface area contributed by atoms with Gasteiger partial charge in [-0.3, -0.25) is 0 Å². The normalized spacial score (nSPS) is 9.80. The zero-order valence-electron chi connectivity index (χ0n) is 8.39. The van der Waals surface area contributed by atoms with Crippen LogP contribution in [0.15, 0.2) is 18.7 Å². The lowest BCUT2D eigenvalue weighted by molar-refractivity contribution is 0.313. The first-order valence-electron chi connectivity index (χ1n) is 4.46. The van der Waals surface area contributed by atoms with Crippen LogP contribution in [0.3, 0.4) is 0 Å². The highest BCUT2D eigenvalue weighted by Crippen LogP contribution is 2.30. The molecule has 1 heterocycles. The van der Waals surface area contributed by atoms with Gasteiger partial charge in [-0.25, -0.2) is 0 Å². The fourth-order valence-electron chi connectivity index (χ4n) is 0.965. The topological polar surface area (TPSA) is 34.1 Å². The number of nitrogens with zero attached hydrogens (tertiary/aromatic N) is 1. The standard InChI is InChI=1S/C10H12Cl2N2O/c1-3-4-5-15-10-8(12)6-7(11)9(13-2)14-10/h3,6H,1,4-5H2,2H3,(H,13,14). The van der Waals surface area contributed by atoms with E-state index in [0.29, 0.717) is 28.3 Å². The minimum atomic E-state index is 0.382. The summed E-state index contributed by atoms with van der Waals surface area (Å²) in [6.07, 6.45) is 2.51. The SMILES string of the molecule is C=CCCOc1nc(NC)c(Cl)cc1Cl. The van der Waals surface area contributed by atoms with Crippen molar-refractivity contribution in [2.75, 3.05) is 19.0 Å². The zero-order chi connectivity index (χ0) is 11.3. The van der Waals surface area contributed by atoms with Crippen LogP contribution in [-0.4, -0.2) is 18.6 Å². The lowest BCUT2D eigenvalue weighted by atomic mass is 10.4. The second-order valence-corrected chi connectivity index (χ2v) is 3.60. The fraction of sp³-hybridized carbons (Fsp3) is 0.300. The molecule has 0 fully saturated rings. The molecule has 15 heavy (non-hydrogen) atoms. The molecular formula is C10H12Cl2N2O. The molecule has 0 radical (unpaired) electrons. The molecule has 0 aliphatic carbocycles. The molecule has 0 aliphatic rings. The van der Waals surface area contributed by atoms with Crippen LogP contribution in [0.2, 0.25) is 10.0 Å². The largest absolute Gasteiger partial charge is 0.476 e. The van der Waals surface area contributed by atoms with Crippen molar-refractivity contribution in [3.8, 4) is 5.88 Å². The van der Waals surface area contributed by atoms with E-state index in [-0.39, 0.29) is 0 Å². The maximum atomic E-state index is 5.91. The van der Waals surface area contributed by atoms with Crippen LogP contribution in [0.5, 0.6) is 5.88 Å². The number of ether oxygens (including phenoxy) is 1. The molecular weight excluding hydrogens is 235 g/mol. The van der Waals surface area contributed by atoms with Gasteiger partial charge < -0.3 is 10.1 Å². The van der Waals surface area contributed by atoms with Gasteiger partial charge in [-0.2, -0.15) is 4.98 Å². The number of hydrogen-bond acceptors (Lipinski definition) is 3. The van der Waals surface area contributed by atoms with E-state index in [1.165, 1.54) is 0 Å². The lowest BCUT2D eigenvalue weighted by Gasteiger charge is -2.09. The molecule has 0 atom stereocenters. The van der Waals surface area contributed by atoms with Crippen LogP contribution < -0.4 is 10.1 Å². The van der Waals surface area contributed by atoms with Gasteiger partial charge in [-0.15, -0.1) is 6.58 Å². The van der Waals surface area contributed by atoms with Crippen molar-refractivity contribution in [2.24, 2.45) is 0 Å². The van der Waals surface area contributed by atoms with E-state index < -0.39 is 0 Å². The summed E-state index contributed by atoms with van der Waals surface area (Å²) in [5.74, 6) is 0.932. The summed E-state index contributed by atoms with van der Waals surface area (Å²) in [4.78, 5) is 4.13. The minimum absolute atomic E-state index is 0.382. The predicted octanol–water partition coefficient (Wildman–Crippen LogP) is 3.39. The Morgan fingerprint density at radius 2 is 2.27 bits per heavy atom. The monoisotopic (exact) mass is 246 g/mol. The predicted molar refractivity (Wildman–Crippen MR) is 64.1 cm³/mol. The molecule has 0 amide bonds. The molecule has 0 aromatic carbocycles. The first-order valence-corrected chi connectivity index (χ1v) is 5.22. The molecule has 3 nitrogen and oxygen atoms in total. The molecule has 82 valence electrons. The van der Waals surface area contributed by atoms with E-state index in [1.807, 2.05) is 0 Å². The molecule has 0 bridgehead atoms. The molecule has 0 saturated carbocycles. The third-order valence-corrected chi connectivity index (χ3v) is 2.25. The van der Waals surface area contributed by atoms with E-state index >= 15 is 0 Å². The number of pyridine rings is 1. The quantitative estimate of drug-likeness (QED) is 0.639. The average molecular weight is 247 g/mol. The van der Waals surface area contributed by atoms with Gasteiger partial charge in [0.1, 0.15) is 10.8 Å². The maximum absolute atomic E-state index is 5.91. The summed E-state index contributed by atoms with van der Waals surface area (Å²) in [7, 11) is 1.73. The van der Waals surface area contributed by atoms with Gasteiger partial charge in [-0.05, 0) is 12.5 Å². The minimum Gasteiger partial charge on any atom is -0.476 e. The molecule has 0 aliphatic heterocycles. The van der Waals surface area contributed by atoms with Gasteiger partial charge in [0, 0.05) is 7.05 Å². The van der Waals surface area contributed by atoms with Crippen LogP contribution in [0.25, 0.3) is 0 Å². The molecule has 0 saturated heterocycles. The fourth-order valence-corrected chi connectivity index (χ4v) is 1.47. The van der Waals surface area contributed by atoms with Gasteiger partial charge in [0.2, 0.25) is 5.88 Å². The van der Waals surface area contributed by atoms with Gasteiger partial charge in [-0.1, -0.05) is 29.3 Å². The van der Waals surface area contributed by atoms with Gasteiger partial charge in [0.25, 0.3) is 0 Å². The third kappa shape index (κ3) is 3.29. The summed E-state index contributed by atoms with van der Waals surface area (Å²) >= 11 is 11.8. The lowest BCUT2D eigenvalue weighted by Crippen LogP contribution is -2.01. The smallest absolute Gasteiger partial charge is 0.234 e. The Balaban J connectivity index is 2.82. The maximum Gasteiger partial charge on any atom is 0.234 e. The second kappa shape index (κ2) is 5.83. The van der Waals surface area contributed by atoms with E-state index in [1.54, 1.807) is 19.2 Å². The number of nitrogens with one attached hydrogen (secondary N) is 1. The third-order valence-electron chi connectivity index (χ3n) is 1.69. The second-order valence-electron chi connectivity index (χ2n) is 2.78. The molecule has 1 aromatic heterocycles. The summed E-state index contributed by atoms with van der Waals surface area (Å²) in [6, 6.07) is 1.60. The van der Waals surface area contributed by atoms with E-state index in [4.69, 9.17) is 27.9 Å². The van der Waals surface area contributed by atoms with Crippen molar-refractivity contribution in [3.05, 3.63) is 28.8 Å². The van der Waals surface area contributed by atoms with Crippen molar-refractivity contribution in [2.45, 2.75) is 6.42 Å². The molecule has 0 unspecified atom stereocenters. The van der Waals surface area contributed by atoms with Gasteiger partial charge in [0.05, 0.1) is 11.6 Å². The Bertz CT molecular complexity index is 356. The molecule has 0 spiro atoms. The van der Waals surface area contributed by atoms with Crippen LogP contribution in [0, 0.1) is 0 Å². The van der Waals surface area contributed by atoms with Crippen molar-refractivity contribution in [1.82, 2.24) is 4.98 Å². The summed E-state index contributed by atoms with van der Waals surface area (Å²) < 4.78 is 5.36. The highest BCUT2D eigenvalue weighted by atomic mass is 35.5. The number of halogens is 2. The van der Waals surface area contributed by atoms with Gasteiger partial charge >= 0.3 is 0 Å². The summed E-state index contributed by atoms with van der Waals surface area (Å²) in [6.45, 7) is 4.10. The number of hydrogen-bond donors (Lipinski definition) is 1. The Kier molecular flexibility index (Phi) is 4.72. The molecule has 5 heteroatoms. The van der Waals surface area contributed by atoms with E-state index in [2.05, 4.69) is 16.9 Å². The van der Waals surface area contributed by atoms with Crippen LogP contribution >= 0.6 is 23.2 Å². The van der Waals surface area contributed by atoms with Gasteiger partial charge in [0.15, 0.2) is 0 Å². The Hall–Kier alpha value is -0.930. The molecule has 1 N–H and O–H groups in total. The number of anilines is 1. The Labute approximate surface area is 99.1 Å². The summed E-state index contributed by atoms with van der Waals surface area (Å²) in [5, 5.41) is 3.73. The Morgan fingerprint density at radius 3 is 2.87 bits per heavy atom. The summed E-state index contributed by atoms with van der Waals surface area (Å²) in [5.41, 5.74) is 0. The van der Waals surface area contributed by atoms with Crippen molar-refractivity contribution in [3.63, 3.8) is 0 Å². The average Bonchev–Trinajstić information content (AvgIpc) is 2.21. The first kappa shape index (κ1) is 12.1. The van der Waals surface area contributed by atoms with Crippen LogP contribution in [0.4, 0.5) is 5.82 Å². The highest BCUT2D eigenvalue weighted by Gasteiger charge is 2.08.